The fourth-order valence-corrected chi connectivity index (χ4v) is 3.36. The standard InChI is InChI=1S/C15H18BrNOS/c1-3-17-15(10-12-5-4-8-19-12)13-9-11(18-2)6-7-14(13)16/h4-9,15,17H,3,10H2,1-2H3. The van der Waals surface area contributed by atoms with Gasteiger partial charge in [0.15, 0.2) is 0 Å². The van der Waals surface area contributed by atoms with Crippen LogP contribution in [0.1, 0.15) is 23.4 Å². The second-order valence-electron chi connectivity index (χ2n) is 4.28. The lowest BCUT2D eigenvalue weighted by atomic mass is 10.0. The SMILES string of the molecule is CCNC(Cc1cccs1)c1cc(OC)ccc1Br. The summed E-state index contributed by atoms with van der Waals surface area (Å²) in [6, 6.07) is 10.7. The van der Waals surface area contributed by atoms with Crippen molar-refractivity contribution >= 4 is 27.3 Å². The summed E-state index contributed by atoms with van der Waals surface area (Å²) in [5, 5.41) is 5.67. The maximum Gasteiger partial charge on any atom is 0.119 e. The molecule has 0 spiro atoms. The van der Waals surface area contributed by atoms with E-state index < -0.39 is 0 Å². The van der Waals surface area contributed by atoms with Crippen molar-refractivity contribution in [3.05, 3.63) is 50.6 Å². The average molecular weight is 340 g/mol. The summed E-state index contributed by atoms with van der Waals surface area (Å²) in [6.07, 6.45) is 0.997. The minimum Gasteiger partial charge on any atom is -0.497 e. The highest BCUT2D eigenvalue weighted by Crippen LogP contribution is 2.30. The van der Waals surface area contributed by atoms with E-state index in [1.807, 2.05) is 12.1 Å². The quantitative estimate of drug-likeness (QED) is 0.841. The topological polar surface area (TPSA) is 21.3 Å². The number of halogens is 1. The van der Waals surface area contributed by atoms with Crippen molar-refractivity contribution in [3.8, 4) is 5.75 Å². The lowest BCUT2D eigenvalue weighted by molar-refractivity contribution is 0.412. The van der Waals surface area contributed by atoms with Gasteiger partial charge in [0.25, 0.3) is 0 Å². The molecular formula is C15H18BrNOS. The Morgan fingerprint density at radius 1 is 1.37 bits per heavy atom. The van der Waals surface area contributed by atoms with Gasteiger partial charge in [0, 0.05) is 21.8 Å². The maximum absolute atomic E-state index is 5.33. The molecule has 0 saturated carbocycles. The third kappa shape index (κ3) is 3.81. The van der Waals surface area contributed by atoms with Gasteiger partial charge in [0.2, 0.25) is 0 Å². The van der Waals surface area contributed by atoms with Gasteiger partial charge >= 0.3 is 0 Å². The summed E-state index contributed by atoms with van der Waals surface area (Å²) < 4.78 is 6.45. The summed E-state index contributed by atoms with van der Waals surface area (Å²) >= 11 is 5.44. The number of nitrogens with one attached hydrogen (secondary N) is 1. The molecule has 0 aliphatic carbocycles. The molecule has 4 heteroatoms. The predicted molar refractivity (Wildman–Crippen MR) is 85.1 cm³/mol. The molecule has 1 atom stereocenters. The molecule has 19 heavy (non-hydrogen) atoms. The van der Waals surface area contributed by atoms with Crippen LogP contribution >= 0.6 is 27.3 Å². The van der Waals surface area contributed by atoms with Crippen LogP contribution in [0.5, 0.6) is 5.75 Å². The summed E-state index contributed by atoms with van der Waals surface area (Å²) in [4.78, 5) is 1.39. The van der Waals surface area contributed by atoms with E-state index in [2.05, 4.69) is 51.7 Å². The molecule has 0 fully saturated rings. The van der Waals surface area contributed by atoms with Crippen LogP contribution in [0.2, 0.25) is 0 Å². The summed E-state index contributed by atoms with van der Waals surface area (Å²) in [7, 11) is 1.70. The van der Waals surface area contributed by atoms with Gasteiger partial charge in [-0.25, -0.2) is 0 Å². The molecule has 2 rings (SSSR count). The molecule has 2 aromatic rings. The fourth-order valence-electron chi connectivity index (χ4n) is 2.08. The molecule has 1 aromatic carbocycles. The summed E-state index contributed by atoms with van der Waals surface area (Å²) in [5.74, 6) is 0.896. The Labute approximate surface area is 126 Å². The molecule has 1 aromatic heterocycles. The molecule has 0 amide bonds. The van der Waals surface area contributed by atoms with Crippen LogP contribution in [0.3, 0.4) is 0 Å². The molecule has 1 heterocycles. The summed E-state index contributed by atoms with van der Waals surface area (Å²) in [6.45, 7) is 3.08. The van der Waals surface area contributed by atoms with Crippen molar-refractivity contribution in [1.82, 2.24) is 5.32 Å². The summed E-state index contributed by atoms with van der Waals surface area (Å²) in [5.41, 5.74) is 1.25. The van der Waals surface area contributed by atoms with E-state index in [4.69, 9.17) is 4.74 Å². The Bertz CT molecular complexity index is 513. The molecule has 0 radical (unpaired) electrons. The normalized spacial score (nSPS) is 12.4. The lowest BCUT2D eigenvalue weighted by Gasteiger charge is -2.20. The number of methoxy groups -OCH3 is 1. The van der Waals surface area contributed by atoms with Gasteiger partial charge in [-0.05, 0) is 41.8 Å². The molecule has 1 unspecified atom stereocenters. The van der Waals surface area contributed by atoms with Crippen molar-refractivity contribution in [1.29, 1.82) is 0 Å². The van der Waals surface area contributed by atoms with Crippen LogP contribution in [0, 0.1) is 0 Å². The molecule has 102 valence electrons. The number of likely N-dealkylation sites (N-methyl/N-ethyl adjacent to an activating group) is 1. The number of benzene rings is 1. The second-order valence-corrected chi connectivity index (χ2v) is 6.17. The molecule has 2 nitrogen and oxygen atoms in total. The first-order valence-corrected chi connectivity index (χ1v) is 8.01. The van der Waals surface area contributed by atoms with Crippen molar-refractivity contribution in [2.45, 2.75) is 19.4 Å². The zero-order valence-electron chi connectivity index (χ0n) is 11.2. The first-order chi connectivity index (χ1) is 9.24. The Morgan fingerprint density at radius 3 is 2.84 bits per heavy atom. The zero-order chi connectivity index (χ0) is 13.7. The largest absolute Gasteiger partial charge is 0.497 e. The van der Waals surface area contributed by atoms with Crippen LogP contribution < -0.4 is 10.1 Å². The third-order valence-electron chi connectivity index (χ3n) is 3.01. The average Bonchev–Trinajstić information content (AvgIpc) is 2.92. The van der Waals surface area contributed by atoms with Crippen molar-refractivity contribution in [2.75, 3.05) is 13.7 Å². The predicted octanol–water partition coefficient (Wildman–Crippen LogP) is 4.41. The van der Waals surface area contributed by atoms with Crippen molar-refractivity contribution in [2.24, 2.45) is 0 Å². The minimum absolute atomic E-state index is 0.299. The van der Waals surface area contributed by atoms with E-state index in [1.54, 1.807) is 18.4 Å². The van der Waals surface area contributed by atoms with E-state index in [9.17, 15) is 0 Å². The van der Waals surface area contributed by atoms with Crippen molar-refractivity contribution in [3.63, 3.8) is 0 Å². The van der Waals surface area contributed by atoms with E-state index in [-0.39, 0.29) is 0 Å². The van der Waals surface area contributed by atoms with Crippen LogP contribution in [0.4, 0.5) is 0 Å². The first kappa shape index (κ1) is 14.6. The number of thiophene rings is 1. The van der Waals surface area contributed by atoms with E-state index in [1.165, 1.54) is 10.4 Å². The van der Waals surface area contributed by atoms with Gasteiger partial charge in [0.1, 0.15) is 5.75 Å². The van der Waals surface area contributed by atoms with Gasteiger partial charge in [-0.1, -0.05) is 28.9 Å². The monoisotopic (exact) mass is 339 g/mol. The Hall–Kier alpha value is -0.840. The maximum atomic E-state index is 5.33. The highest BCUT2D eigenvalue weighted by Gasteiger charge is 2.15. The van der Waals surface area contributed by atoms with Gasteiger partial charge in [-0.2, -0.15) is 0 Å². The molecule has 0 saturated heterocycles. The molecule has 1 N–H and O–H groups in total. The number of ether oxygens (including phenoxy) is 1. The van der Waals surface area contributed by atoms with Gasteiger partial charge in [-0.15, -0.1) is 11.3 Å². The third-order valence-corrected chi connectivity index (χ3v) is 4.64. The van der Waals surface area contributed by atoms with E-state index in [0.717, 1.165) is 23.2 Å². The molecule has 0 bridgehead atoms. The van der Waals surface area contributed by atoms with Crippen LogP contribution in [0.25, 0.3) is 0 Å². The van der Waals surface area contributed by atoms with Crippen molar-refractivity contribution < 1.29 is 4.74 Å². The first-order valence-electron chi connectivity index (χ1n) is 6.33. The molecular weight excluding hydrogens is 322 g/mol. The lowest BCUT2D eigenvalue weighted by Crippen LogP contribution is -2.23. The van der Waals surface area contributed by atoms with Gasteiger partial charge in [0.05, 0.1) is 7.11 Å². The smallest absolute Gasteiger partial charge is 0.119 e. The minimum atomic E-state index is 0.299. The van der Waals surface area contributed by atoms with Crippen LogP contribution in [0.15, 0.2) is 40.2 Å². The Kier molecular flexibility index (Phi) is 5.43. The zero-order valence-corrected chi connectivity index (χ0v) is 13.6. The number of hydrogen-bond donors (Lipinski definition) is 1. The number of hydrogen-bond acceptors (Lipinski definition) is 3. The second kappa shape index (κ2) is 7.08. The van der Waals surface area contributed by atoms with Gasteiger partial charge in [-0.3, -0.25) is 0 Å². The fraction of sp³-hybridized carbons (Fsp3) is 0.333. The van der Waals surface area contributed by atoms with E-state index in [0.29, 0.717) is 6.04 Å². The molecule has 0 aliphatic heterocycles. The number of rotatable bonds is 6. The van der Waals surface area contributed by atoms with Gasteiger partial charge < -0.3 is 10.1 Å². The van der Waals surface area contributed by atoms with Crippen LogP contribution in [-0.4, -0.2) is 13.7 Å². The Balaban J connectivity index is 2.27. The highest BCUT2D eigenvalue weighted by atomic mass is 79.9. The highest BCUT2D eigenvalue weighted by molar-refractivity contribution is 9.10. The van der Waals surface area contributed by atoms with Crippen LogP contribution in [-0.2, 0) is 6.42 Å². The Morgan fingerprint density at radius 2 is 2.21 bits per heavy atom. The molecule has 0 aliphatic rings. The van der Waals surface area contributed by atoms with E-state index >= 15 is 0 Å².